The molecule has 0 bridgehead atoms. The number of rotatable bonds is 3. The molecule has 0 amide bonds. The molecule has 0 aliphatic carbocycles. The average molecular weight is 102 g/mol. The van der Waals surface area contributed by atoms with Gasteiger partial charge >= 0.3 is 0 Å². The molecule has 0 saturated heterocycles. The van der Waals surface area contributed by atoms with Crippen LogP contribution in [0.1, 0.15) is 6.92 Å². The normalized spacial score (nSPS) is 13.4. The van der Waals surface area contributed by atoms with Crippen molar-refractivity contribution in [3.8, 4) is 0 Å². The van der Waals surface area contributed by atoms with Crippen LogP contribution in [0.4, 0.5) is 0 Å². The SMILES string of the molecule is C=CC(C)COO. The summed E-state index contributed by atoms with van der Waals surface area (Å²) >= 11 is 0. The Hall–Kier alpha value is -0.340. The van der Waals surface area contributed by atoms with Gasteiger partial charge < -0.3 is 0 Å². The molecule has 2 nitrogen and oxygen atoms in total. The highest BCUT2D eigenvalue weighted by atomic mass is 17.1. The van der Waals surface area contributed by atoms with E-state index in [0.717, 1.165) is 0 Å². The zero-order valence-corrected chi connectivity index (χ0v) is 4.42. The molecule has 0 fully saturated rings. The van der Waals surface area contributed by atoms with Crippen molar-refractivity contribution in [2.45, 2.75) is 6.92 Å². The Morgan fingerprint density at radius 2 is 2.57 bits per heavy atom. The Labute approximate surface area is 43.3 Å². The first-order chi connectivity index (χ1) is 3.31. The van der Waals surface area contributed by atoms with E-state index in [9.17, 15) is 0 Å². The molecule has 1 atom stereocenters. The summed E-state index contributed by atoms with van der Waals surface area (Å²) in [6.07, 6.45) is 1.72. The average Bonchev–Trinajstić information content (AvgIpc) is 1.68. The van der Waals surface area contributed by atoms with Gasteiger partial charge in [-0.2, -0.15) is 0 Å². The minimum Gasteiger partial charge on any atom is -0.252 e. The molecule has 0 aromatic heterocycles. The fourth-order valence-corrected chi connectivity index (χ4v) is 0.186. The summed E-state index contributed by atoms with van der Waals surface area (Å²) in [5.41, 5.74) is 0. The molecule has 0 aromatic carbocycles. The number of hydrogen-bond donors (Lipinski definition) is 1. The third-order valence-corrected chi connectivity index (χ3v) is 0.740. The van der Waals surface area contributed by atoms with E-state index < -0.39 is 0 Å². The maximum absolute atomic E-state index is 7.82. The minimum absolute atomic E-state index is 0.241. The van der Waals surface area contributed by atoms with Crippen LogP contribution < -0.4 is 0 Å². The van der Waals surface area contributed by atoms with Crippen molar-refractivity contribution >= 4 is 0 Å². The fourth-order valence-electron chi connectivity index (χ4n) is 0.186. The Balaban J connectivity index is 2.98. The molecular formula is C5H10O2. The highest BCUT2D eigenvalue weighted by molar-refractivity contribution is 4.73. The molecule has 0 saturated carbocycles. The van der Waals surface area contributed by atoms with Crippen molar-refractivity contribution in [3.05, 3.63) is 12.7 Å². The quantitative estimate of drug-likeness (QED) is 0.330. The van der Waals surface area contributed by atoms with Crippen molar-refractivity contribution in [2.24, 2.45) is 5.92 Å². The van der Waals surface area contributed by atoms with Crippen LogP contribution in [0.5, 0.6) is 0 Å². The van der Waals surface area contributed by atoms with Gasteiger partial charge in [0.1, 0.15) is 0 Å². The van der Waals surface area contributed by atoms with E-state index in [2.05, 4.69) is 11.5 Å². The molecule has 1 N–H and O–H groups in total. The minimum atomic E-state index is 0.241. The molecule has 7 heavy (non-hydrogen) atoms. The third kappa shape index (κ3) is 3.49. The van der Waals surface area contributed by atoms with Crippen LogP contribution in [0, 0.1) is 5.92 Å². The zero-order valence-electron chi connectivity index (χ0n) is 4.42. The van der Waals surface area contributed by atoms with Gasteiger partial charge in [-0.1, -0.05) is 13.0 Å². The van der Waals surface area contributed by atoms with E-state index in [1.54, 1.807) is 6.08 Å². The van der Waals surface area contributed by atoms with Gasteiger partial charge in [0.05, 0.1) is 6.61 Å². The van der Waals surface area contributed by atoms with Gasteiger partial charge in [0.15, 0.2) is 0 Å². The molecule has 1 unspecified atom stereocenters. The molecule has 42 valence electrons. The van der Waals surface area contributed by atoms with E-state index in [4.69, 9.17) is 5.26 Å². The summed E-state index contributed by atoms with van der Waals surface area (Å²) in [4.78, 5) is 3.82. The topological polar surface area (TPSA) is 29.5 Å². The summed E-state index contributed by atoms with van der Waals surface area (Å²) < 4.78 is 0. The smallest absolute Gasteiger partial charge is 0.0879 e. The number of hydrogen-bond acceptors (Lipinski definition) is 2. The maximum Gasteiger partial charge on any atom is 0.0879 e. The first-order valence-corrected chi connectivity index (χ1v) is 2.20. The molecular weight excluding hydrogens is 92.1 g/mol. The van der Waals surface area contributed by atoms with Crippen LogP contribution in [-0.4, -0.2) is 11.9 Å². The van der Waals surface area contributed by atoms with Crippen LogP contribution in [0.2, 0.25) is 0 Å². The van der Waals surface area contributed by atoms with Gasteiger partial charge in [-0.15, -0.1) is 6.58 Å². The van der Waals surface area contributed by atoms with E-state index in [1.165, 1.54) is 0 Å². The van der Waals surface area contributed by atoms with Gasteiger partial charge in [-0.25, -0.2) is 4.89 Å². The van der Waals surface area contributed by atoms with Crippen molar-refractivity contribution < 1.29 is 10.1 Å². The van der Waals surface area contributed by atoms with E-state index in [-0.39, 0.29) is 5.92 Å². The lowest BCUT2D eigenvalue weighted by atomic mass is 10.2. The van der Waals surface area contributed by atoms with Crippen molar-refractivity contribution in [1.82, 2.24) is 0 Å². The first kappa shape index (κ1) is 6.66. The molecule has 0 radical (unpaired) electrons. The predicted molar refractivity (Wildman–Crippen MR) is 27.9 cm³/mol. The molecule has 0 aliphatic heterocycles. The van der Waals surface area contributed by atoms with Gasteiger partial charge in [-0.05, 0) is 0 Å². The molecule has 0 aliphatic rings. The first-order valence-electron chi connectivity index (χ1n) is 2.20. The van der Waals surface area contributed by atoms with Crippen molar-refractivity contribution in [2.75, 3.05) is 6.61 Å². The van der Waals surface area contributed by atoms with Crippen LogP contribution in [0.3, 0.4) is 0 Å². The van der Waals surface area contributed by atoms with Crippen molar-refractivity contribution in [1.29, 1.82) is 0 Å². The van der Waals surface area contributed by atoms with E-state index in [1.807, 2.05) is 6.92 Å². The fraction of sp³-hybridized carbons (Fsp3) is 0.600. The molecule has 0 rings (SSSR count). The lowest BCUT2D eigenvalue weighted by Gasteiger charge is -1.97. The van der Waals surface area contributed by atoms with Gasteiger partial charge in [0.2, 0.25) is 0 Å². The summed E-state index contributed by atoms with van der Waals surface area (Å²) in [7, 11) is 0. The second-order valence-electron chi connectivity index (χ2n) is 1.51. The Morgan fingerprint density at radius 3 is 2.71 bits per heavy atom. The highest BCUT2D eigenvalue weighted by Crippen LogP contribution is 1.92. The third-order valence-electron chi connectivity index (χ3n) is 0.740. The summed E-state index contributed by atoms with van der Waals surface area (Å²) in [6, 6.07) is 0. The van der Waals surface area contributed by atoms with Crippen LogP contribution >= 0.6 is 0 Å². The van der Waals surface area contributed by atoms with Crippen LogP contribution in [0.25, 0.3) is 0 Å². The van der Waals surface area contributed by atoms with Gasteiger partial charge in [0, 0.05) is 5.92 Å². The second-order valence-corrected chi connectivity index (χ2v) is 1.51. The van der Waals surface area contributed by atoms with E-state index >= 15 is 0 Å². The Morgan fingerprint density at radius 1 is 2.00 bits per heavy atom. The molecule has 2 heteroatoms. The summed E-state index contributed by atoms with van der Waals surface area (Å²) in [5, 5.41) is 7.82. The summed E-state index contributed by atoms with van der Waals surface area (Å²) in [5.74, 6) is 0.241. The maximum atomic E-state index is 7.82. The second kappa shape index (κ2) is 3.84. The zero-order chi connectivity index (χ0) is 5.70. The highest BCUT2D eigenvalue weighted by Gasteiger charge is 1.91. The van der Waals surface area contributed by atoms with E-state index in [0.29, 0.717) is 6.61 Å². The summed E-state index contributed by atoms with van der Waals surface area (Å²) in [6.45, 7) is 5.73. The lowest BCUT2D eigenvalue weighted by molar-refractivity contribution is -0.247. The largest absolute Gasteiger partial charge is 0.252 e. The monoisotopic (exact) mass is 102 g/mol. The lowest BCUT2D eigenvalue weighted by Crippen LogP contribution is -1.98. The van der Waals surface area contributed by atoms with Crippen LogP contribution in [0.15, 0.2) is 12.7 Å². The standard InChI is InChI=1S/C5H10O2/c1-3-5(2)4-7-6/h3,5-6H,1,4H2,2H3. The van der Waals surface area contributed by atoms with Gasteiger partial charge in [-0.3, -0.25) is 5.26 Å². The van der Waals surface area contributed by atoms with Crippen LogP contribution in [-0.2, 0) is 4.89 Å². The molecule has 0 aromatic rings. The Kier molecular flexibility index (Phi) is 3.65. The molecule has 0 heterocycles. The Bertz CT molecular complexity index is 52.0. The molecule has 0 spiro atoms. The predicted octanol–water partition coefficient (Wildman–Crippen LogP) is 1.30. The van der Waals surface area contributed by atoms with Gasteiger partial charge in [0.25, 0.3) is 0 Å². The van der Waals surface area contributed by atoms with Crippen molar-refractivity contribution in [3.63, 3.8) is 0 Å².